The molecule has 2 atom stereocenters. The maximum Gasteiger partial charge on any atom is 0.410 e. The molecule has 1 aromatic carbocycles. The summed E-state index contributed by atoms with van der Waals surface area (Å²) in [4.78, 5) is 25.2. The molecule has 1 heterocycles. The monoisotopic (exact) mass is 319 g/mol. The highest BCUT2D eigenvalue weighted by Crippen LogP contribution is 2.37. The van der Waals surface area contributed by atoms with Gasteiger partial charge < -0.3 is 9.84 Å². The molecule has 0 aliphatic carbocycles. The Morgan fingerprint density at radius 2 is 1.91 bits per heavy atom. The maximum absolute atomic E-state index is 12.3. The van der Waals surface area contributed by atoms with Gasteiger partial charge in [-0.1, -0.05) is 51.1 Å². The first-order chi connectivity index (χ1) is 10.8. The number of nitrogens with zero attached hydrogens (tertiary/aromatic N) is 1. The quantitative estimate of drug-likeness (QED) is 0.925. The molecule has 126 valence electrons. The van der Waals surface area contributed by atoms with Gasteiger partial charge in [-0.3, -0.25) is 4.90 Å². The Bertz CT molecular complexity index is 550. The van der Waals surface area contributed by atoms with Crippen molar-refractivity contribution < 1.29 is 19.4 Å². The number of carboxylic acids is 1. The molecule has 0 spiro atoms. The van der Waals surface area contributed by atoms with Gasteiger partial charge in [-0.15, -0.1) is 0 Å². The van der Waals surface area contributed by atoms with Gasteiger partial charge in [0.1, 0.15) is 12.6 Å². The van der Waals surface area contributed by atoms with E-state index in [-0.39, 0.29) is 17.9 Å². The molecule has 2 rings (SSSR count). The van der Waals surface area contributed by atoms with Crippen molar-refractivity contribution >= 4 is 12.1 Å². The van der Waals surface area contributed by atoms with E-state index in [0.717, 1.165) is 12.0 Å². The summed E-state index contributed by atoms with van der Waals surface area (Å²) < 4.78 is 5.29. The third-order valence-corrected chi connectivity index (χ3v) is 4.55. The van der Waals surface area contributed by atoms with E-state index in [1.165, 1.54) is 4.90 Å². The molecule has 23 heavy (non-hydrogen) atoms. The highest BCUT2D eigenvalue weighted by Gasteiger charge is 2.40. The molecular weight excluding hydrogens is 294 g/mol. The van der Waals surface area contributed by atoms with Crippen molar-refractivity contribution in [2.45, 2.75) is 46.3 Å². The van der Waals surface area contributed by atoms with Crippen LogP contribution in [0.1, 0.15) is 39.2 Å². The molecule has 0 unspecified atom stereocenters. The van der Waals surface area contributed by atoms with E-state index in [1.54, 1.807) is 0 Å². The second-order valence-electron chi connectivity index (χ2n) is 7.17. The van der Waals surface area contributed by atoms with Crippen LogP contribution in [0.2, 0.25) is 0 Å². The van der Waals surface area contributed by atoms with Crippen LogP contribution in [0.4, 0.5) is 4.79 Å². The number of likely N-dealkylation sites (tertiary alicyclic amines) is 1. The minimum atomic E-state index is -0.962. The summed E-state index contributed by atoms with van der Waals surface area (Å²) in [5.74, 6) is -0.683. The number of hydrogen-bond acceptors (Lipinski definition) is 3. The fourth-order valence-electron chi connectivity index (χ4n) is 3.01. The predicted octanol–water partition coefficient (Wildman–Crippen LogP) is 3.53. The van der Waals surface area contributed by atoms with Crippen molar-refractivity contribution in [2.24, 2.45) is 11.3 Å². The van der Waals surface area contributed by atoms with Crippen LogP contribution >= 0.6 is 0 Å². The SMILES string of the molecule is CC(C)(C)[C@@H]1CCN(C(=O)OCc2ccccc2)[C@H](C(=O)O)C1. The molecule has 0 bridgehead atoms. The first kappa shape index (κ1) is 17.3. The zero-order valence-electron chi connectivity index (χ0n) is 14.0. The van der Waals surface area contributed by atoms with Gasteiger partial charge in [0.25, 0.3) is 0 Å². The first-order valence-corrected chi connectivity index (χ1v) is 7.99. The van der Waals surface area contributed by atoms with E-state index < -0.39 is 18.1 Å². The number of ether oxygens (including phenoxy) is 1. The third-order valence-electron chi connectivity index (χ3n) is 4.55. The first-order valence-electron chi connectivity index (χ1n) is 7.99. The Balaban J connectivity index is 2.00. The van der Waals surface area contributed by atoms with Gasteiger partial charge >= 0.3 is 12.1 Å². The normalized spacial score (nSPS) is 21.8. The number of carboxylic acid groups (broad SMARTS) is 1. The molecule has 0 aromatic heterocycles. The number of carbonyl (C=O) groups excluding carboxylic acids is 1. The molecule has 1 saturated heterocycles. The van der Waals surface area contributed by atoms with Crippen molar-refractivity contribution in [1.29, 1.82) is 0 Å². The van der Waals surface area contributed by atoms with E-state index in [2.05, 4.69) is 20.8 Å². The van der Waals surface area contributed by atoms with Crippen LogP contribution in [0.3, 0.4) is 0 Å². The van der Waals surface area contributed by atoms with Gasteiger partial charge in [0.05, 0.1) is 0 Å². The standard InChI is InChI=1S/C18H25NO4/c1-18(2,3)14-9-10-19(15(11-14)16(20)21)17(22)23-12-13-7-5-4-6-8-13/h4-8,14-15H,9-12H2,1-3H3,(H,20,21)/t14-,15+/m1/s1. The number of piperidine rings is 1. The minimum Gasteiger partial charge on any atom is -0.480 e. The van der Waals surface area contributed by atoms with Crippen LogP contribution in [0.5, 0.6) is 0 Å². The smallest absolute Gasteiger partial charge is 0.410 e. The average molecular weight is 319 g/mol. The highest BCUT2D eigenvalue weighted by molar-refractivity contribution is 5.80. The molecular formula is C18H25NO4. The number of amides is 1. The zero-order valence-corrected chi connectivity index (χ0v) is 14.0. The van der Waals surface area contributed by atoms with Crippen LogP contribution in [-0.2, 0) is 16.1 Å². The summed E-state index contributed by atoms with van der Waals surface area (Å²) in [6, 6.07) is 8.57. The van der Waals surface area contributed by atoms with Crippen LogP contribution in [0.25, 0.3) is 0 Å². The van der Waals surface area contributed by atoms with Gasteiger partial charge in [0.2, 0.25) is 0 Å². The van der Waals surface area contributed by atoms with Crippen LogP contribution in [0, 0.1) is 11.3 Å². The van der Waals surface area contributed by atoms with Crippen LogP contribution in [0.15, 0.2) is 30.3 Å². The fourth-order valence-corrected chi connectivity index (χ4v) is 3.01. The predicted molar refractivity (Wildman–Crippen MR) is 86.9 cm³/mol. The molecule has 1 N–H and O–H groups in total. The van der Waals surface area contributed by atoms with E-state index in [1.807, 2.05) is 30.3 Å². The van der Waals surface area contributed by atoms with Crippen molar-refractivity contribution in [1.82, 2.24) is 4.90 Å². The van der Waals surface area contributed by atoms with Gasteiger partial charge in [-0.05, 0) is 29.7 Å². The van der Waals surface area contributed by atoms with E-state index in [0.29, 0.717) is 13.0 Å². The van der Waals surface area contributed by atoms with E-state index in [9.17, 15) is 14.7 Å². The topological polar surface area (TPSA) is 66.8 Å². The molecule has 5 heteroatoms. The number of carbonyl (C=O) groups is 2. The van der Waals surface area contributed by atoms with Gasteiger partial charge in [0.15, 0.2) is 0 Å². The van der Waals surface area contributed by atoms with Crippen molar-refractivity contribution in [3.05, 3.63) is 35.9 Å². The Morgan fingerprint density at radius 3 is 2.48 bits per heavy atom. The van der Waals surface area contributed by atoms with Crippen LogP contribution < -0.4 is 0 Å². The molecule has 1 fully saturated rings. The molecule has 1 amide bonds. The van der Waals surface area contributed by atoms with Crippen LogP contribution in [-0.4, -0.2) is 34.7 Å². The maximum atomic E-state index is 12.3. The minimum absolute atomic E-state index is 0.0354. The number of rotatable bonds is 3. The lowest BCUT2D eigenvalue weighted by molar-refractivity contribution is -0.145. The lowest BCUT2D eigenvalue weighted by atomic mass is 9.73. The highest BCUT2D eigenvalue weighted by atomic mass is 16.6. The molecule has 5 nitrogen and oxygen atoms in total. The molecule has 1 aliphatic heterocycles. The summed E-state index contributed by atoms with van der Waals surface area (Å²) in [5.41, 5.74) is 0.922. The second-order valence-corrected chi connectivity index (χ2v) is 7.17. The lowest BCUT2D eigenvalue weighted by Crippen LogP contribution is -2.51. The average Bonchev–Trinajstić information content (AvgIpc) is 2.52. The molecule has 0 radical (unpaired) electrons. The summed E-state index contributed by atoms with van der Waals surface area (Å²) >= 11 is 0. The van der Waals surface area contributed by atoms with Crippen molar-refractivity contribution in [2.75, 3.05) is 6.54 Å². The largest absolute Gasteiger partial charge is 0.480 e. The third kappa shape index (κ3) is 4.47. The summed E-state index contributed by atoms with van der Waals surface area (Å²) in [5, 5.41) is 9.48. The van der Waals surface area contributed by atoms with Gasteiger partial charge in [-0.2, -0.15) is 0 Å². The van der Waals surface area contributed by atoms with Crippen molar-refractivity contribution in [3.8, 4) is 0 Å². The lowest BCUT2D eigenvalue weighted by Gasteiger charge is -2.41. The van der Waals surface area contributed by atoms with Gasteiger partial charge in [-0.25, -0.2) is 9.59 Å². The summed E-state index contributed by atoms with van der Waals surface area (Å²) in [6.07, 6.45) is 0.723. The molecule has 1 aromatic rings. The number of hydrogen-bond donors (Lipinski definition) is 1. The zero-order chi connectivity index (χ0) is 17.0. The second kappa shape index (κ2) is 7.02. The Labute approximate surface area is 137 Å². The Kier molecular flexibility index (Phi) is 5.29. The molecule has 0 saturated carbocycles. The number of aliphatic carboxylic acids is 1. The van der Waals surface area contributed by atoms with Gasteiger partial charge in [0, 0.05) is 6.54 Å². The molecule has 1 aliphatic rings. The summed E-state index contributed by atoms with van der Waals surface area (Å²) in [7, 11) is 0. The van der Waals surface area contributed by atoms with E-state index in [4.69, 9.17) is 4.74 Å². The Hall–Kier alpha value is -2.04. The van der Waals surface area contributed by atoms with Crippen molar-refractivity contribution in [3.63, 3.8) is 0 Å². The van der Waals surface area contributed by atoms with E-state index >= 15 is 0 Å². The number of benzene rings is 1. The summed E-state index contributed by atoms with van der Waals surface area (Å²) in [6.45, 7) is 6.91. The fraction of sp³-hybridized carbons (Fsp3) is 0.556. The Morgan fingerprint density at radius 1 is 1.26 bits per heavy atom.